The predicted octanol–water partition coefficient (Wildman–Crippen LogP) is 1.15. The maximum Gasteiger partial charge on any atom is 0.0195 e. The Balaban J connectivity index is 1.82. The summed E-state index contributed by atoms with van der Waals surface area (Å²) in [5.41, 5.74) is 0. The lowest BCUT2D eigenvalue weighted by Crippen LogP contribution is -2.47. The standard InChI is InChI=1S/C13H27N3/c1-12-10-15(2)8-5-9-16(12)11-13-6-3-4-7-14-13/h12-14H,3-11H2,1-2H3. The summed E-state index contributed by atoms with van der Waals surface area (Å²) < 4.78 is 0. The minimum Gasteiger partial charge on any atom is -0.313 e. The largest absolute Gasteiger partial charge is 0.313 e. The van der Waals surface area contributed by atoms with Crippen LogP contribution in [0.5, 0.6) is 0 Å². The molecular formula is C13H27N3. The smallest absolute Gasteiger partial charge is 0.0195 e. The van der Waals surface area contributed by atoms with E-state index in [9.17, 15) is 0 Å². The first-order valence-corrected chi connectivity index (χ1v) is 6.91. The molecule has 2 aliphatic heterocycles. The molecule has 2 atom stereocenters. The van der Waals surface area contributed by atoms with Crippen molar-refractivity contribution >= 4 is 0 Å². The summed E-state index contributed by atoms with van der Waals surface area (Å²) in [4.78, 5) is 5.16. The summed E-state index contributed by atoms with van der Waals surface area (Å²) >= 11 is 0. The number of hydrogen-bond donors (Lipinski definition) is 1. The summed E-state index contributed by atoms with van der Waals surface area (Å²) in [7, 11) is 2.25. The van der Waals surface area contributed by atoms with Gasteiger partial charge in [-0.15, -0.1) is 0 Å². The van der Waals surface area contributed by atoms with Gasteiger partial charge in [0.25, 0.3) is 0 Å². The average Bonchev–Trinajstić information content (AvgIpc) is 2.43. The van der Waals surface area contributed by atoms with Gasteiger partial charge in [-0.05, 0) is 52.9 Å². The fourth-order valence-electron chi connectivity index (χ4n) is 3.06. The first-order valence-electron chi connectivity index (χ1n) is 6.91. The van der Waals surface area contributed by atoms with Crippen molar-refractivity contribution in [2.75, 3.05) is 39.8 Å². The van der Waals surface area contributed by atoms with Crippen LogP contribution in [0.2, 0.25) is 0 Å². The molecule has 2 saturated heterocycles. The Morgan fingerprint density at radius 3 is 2.81 bits per heavy atom. The Kier molecular flexibility index (Phi) is 4.62. The zero-order valence-corrected chi connectivity index (χ0v) is 10.9. The molecule has 3 heteroatoms. The first-order chi connectivity index (χ1) is 7.75. The monoisotopic (exact) mass is 225 g/mol. The second-order valence-electron chi connectivity index (χ2n) is 5.61. The quantitative estimate of drug-likeness (QED) is 0.761. The van der Waals surface area contributed by atoms with Crippen LogP contribution in [0.3, 0.4) is 0 Å². The van der Waals surface area contributed by atoms with Gasteiger partial charge in [-0.2, -0.15) is 0 Å². The molecule has 0 bridgehead atoms. The molecule has 0 radical (unpaired) electrons. The normalized spacial score (nSPS) is 34.9. The van der Waals surface area contributed by atoms with Crippen molar-refractivity contribution in [3.05, 3.63) is 0 Å². The van der Waals surface area contributed by atoms with E-state index in [1.54, 1.807) is 0 Å². The summed E-state index contributed by atoms with van der Waals surface area (Å²) in [6.07, 6.45) is 5.49. The van der Waals surface area contributed by atoms with Gasteiger partial charge in [0.2, 0.25) is 0 Å². The van der Waals surface area contributed by atoms with Gasteiger partial charge in [0.15, 0.2) is 0 Å². The summed E-state index contributed by atoms with van der Waals surface area (Å²) in [6.45, 7) is 8.64. The topological polar surface area (TPSA) is 18.5 Å². The van der Waals surface area contributed by atoms with Gasteiger partial charge in [0, 0.05) is 25.2 Å². The van der Waals surface area contributed by atoms with E-state index in [-0.39, 0.29) is 0 Å². The molecule has 2 heterocycles. The van der Waals surface area contributed by atoms with E-state index in [0.29, 0.717) is 0 Å². The van der Waals surface area contributed by atoms with E-state index < -0.39 is 0 Å². The highest BCUT2D eigenvalue weighted by atomic mass is 15.2. The number of nitrogens with one attached hydrogen (secondary N) is 1. The highest BCUT2D eigenvalue weighted by Gasteiger charge is 2.23. The van der Waals surface area contributed by atoms with Crippen molar-refractivity contribution in [2.45, 2.75) is 44.7 Å². The summed E-state index contributed by atoms with van der Waals surface area (Å²) in [6, 6.07) is 1.47. The van der Waals surface area contributed by atoms with Crippen LogP contribution in [0.1, 0.15) is 32.6 Å². The fourth-order valence-corrected chi connectivity index (χ4v) is 3.06. The van der Waals surface area contributed by atoms with E-state index >= 15 is 0 Å². The lowest BCUT2D eigenvalue weighted by atomic mass is 10.0. The Morgan fingerprint density at radius 1 is 1.19 bits per heavy atom. The second-order valence-corrected chi connectivity index (χ2v) is 5.61. The van der Waals surface area contributed by atoms with Gasteiger partial charge in [-0.25, -0.2) is 0 Å². The number of nitrogens with zero attached hydrogens (tertiary/aromatic N) is 2. The van der Waals surface area contributed by atoms with Gasteiger partial charge in [-0.1, -0.05) is 6.42 Å². The van der Waals surface area contributed by atoms with Crippen LogP contribution in [0.25, 0.3) is 0 Å². The molecule has 1 N–H and O–H groups in total. The third-order valence-corrected chi connectivity index (χ3v) is 4.05. The molecule has 0 spiro atoms. The van der Waals surface area contributed by atoms with E-state index in [4.69, 9.17) is 0 Å². The molecule has 0 aromatic carbocycles. The van der Waals surface area contributed by atoms with Crippen LogP contribution in [-0.4, -0.2) is 61.7 Å². The van der Waals surface area contributed by atoms with E-state index in [2.05, 4.69) is 29.1 Å². The molecule has 2 fully saturated rings. The molecule has 2 unspecified atom stereocenters. The molecule has 0 aromatic heterocycles. The molecule has 3 nitrogen and oxygen atoms in total. The van der Waals surface area contributed by atoms with Gasteiger partial charge in [0.05, 0.1) is 0 Å². The molecule has 16 heavy (non-hydrogen) atoms. The fraction of sp³-hybridized carbons (Fsp3) is 1.00. The zero-order valence-electron chi connectivity index (χ0n) is 10.9. The van der Waals surface area contributed by atoms with Crippen LogP contribution in [0, 0.1) is 0 Å². The van der Waals surface area contributed by atoms with Crippen molar-refractivity contribution in [2.24, 2.45) is 0 Å². The predicted molar refractivity (Wildman–Crippen MR) is 68.8 cm³/mol. The lowest BCUT2D eigenvalue weighted by molar-refractivity contribution is 0.173. The molecule has 0 aromatic rings. The molecular weight excluding hydrogens is 198 g/mol. The van der Waals surface area contributed by atoms with Crippen molar-refractivity contribution in [1.82, 2.24) is 15.1 Å². The first kappa shape index (κ1) is 12.3. The van der Waals surface area contributed by atoms with Crippen LogP contribution in [0.15, 0.2) is 0 Å². The maximum atomic E-state index is 3.66. The van der Waals surface area contributed by atoms with Crippen LogP contribution < -0.4 is 5.32 Å². The Labute approximate surface area is 100 Å². The number of piperidine rings is 1. The lowest BCUT2D eigenvalue weighted by Gasteiger charge is -2.33. The van der Waals surface area contributed by atoms with Crippen molar-refractivity contribution in [3.63, 3.8) is 0 Å². The van der Waals surface area contributed by atoms with Crippen LogP contribution in [0.4, 0.5) is 0 Å². The number of hydrogen-bond acceptors (Lipinski definition) is 3. The maximum absolute atomic E-state index is 3.66. The van der Waals surface area contributed by atoms with E-state index in [1.807, 2.05) is 0 Å². The molecule has 2 aliphatic rings. The van der Waals surface area contributed by atoms with Crippen molar-refractivity contribution in [3.8, 4) is 0 Å². The number of rotatable bonds is 2. The minimum atomic E-state index is 0.719. The molecule has 0 saturated carbocycles. The third-order valence-electron chi connectivity index (χ3n) is 4.05. The molecule has 94 valence electrons. The molecule has 2 rings (SSSR count). The molecule has 0 aliphatic carbocycles. The van der Waals surface area contributed by atoms with E-state index in [0.717, 1.165) is 12.1 Å². The van der Waals surface area contributed by atoms with Gasteiger partial charge >= 0.3 is 0 Å². The Morgan fingerprint density at radius 2 is 2.06 bits per heavy atom. The van der Waals surface area contributed by atoms with Gasteiger partial charge < -0.3 is 10.2 Å². The zero-order chi connectivity index (χ0) is 11.4. The summed E-state index contributed by atoms with van der Waals surface area (Å²) in [5.74, 6) is 0. The van der Waals surface area contributed by atoms with Crippen LogP contribution in [-0.2, 0) is 0 Å². The van der Waals surface area contributed by atoms with Crippen LogP contribution >= 0.6 is 0 Å². The Bertz CT molecular complexity index is 201. The van der Waals surface area contributed by atoms with Gasteiger partial charge in [-0.3, -0.25) is 4.90 Å². The highest BCUT2D eigenvalue weighted by Crippen LogP contribution is 2.13. The average molecular weight is 225 g/mol. The Hall–Kier alpha value is -0.120. The molecule has 0 amide bonds. The third kappa shape index (κ3) is 3.44. The SMILES string of the molecule is CC1CN(C)CCCN1CC1CCCCN1. The highest BCUT2D eigenvalue weighted by molar-refractivity contribution is 4.81. The van der Waals surface area contributed by atoms with Crippen molar-refractivity contribution in [1.29, 1.82) is 0 Å². The second kappa shape index (κ2) is 5.99. The summed E-state index contributed by atoms with van der Waals surface area (Å²) in [5, 5.41) is 3.66. The minimum absolute atomic E-state index is 0.719. The van der Waals surface area contributed by atoms with E-state index in [1.165, 1.54) is 58.4 Å². The van der Waals surface area contributed by atoms with Crippen molar-refractivity contribution < 1.29 is 0 Å². The van der Waals surface area contributed by atoms with Gasteiger partial charge in [0.1, 0.15) is 0 Å². The number of likely N-dealkylation sites (N-methyl/N-ethyl adjacent to an activating group) is 1.